The first-order valence-corrected chi connectivity index (χ1v) is 8.29. The Morgan fingerprint density at radius 1 is 1.08 bits per heavy atom. The normalized spacial score (nSPS) is 11.0. The van der Waals surface area contributed by atoms with Crippen molar-refractivity contribution in [3.63, 3.8) is 0 Å². The van der Waals surface area contributed by atoms with E-state index in [1.165, 1.54) is 0 Å². The van der Waals surface area contributed by atoms with Crippen LogP contribution in [0.5, 0.6) is 0 Å². The van der Waals surface area contributed by atoms with Gasteiger partial charge in [0.25, 0.3) is 0 Å². The molecule has 0 aliphatic carbocycles. The van der Waals surface area contributed by atoms with Crippen LogP contribution in [0.2, 0.25) is 0 Å². The molecule has 3 rings (SSSR count). The van der Waals surface area contributed by atoms with Crippen molar-refractivity contribution in [3.05, 3.63) is 36.2 Å². The van der Waals surface area contributed by atoms with Gasteiger partial charge < -0.3 is 5.32 Å². The Balaban J connectivity index is 2.02. The van der Waals surface area contributed by atoms with Crippen LogP contribution in [0.3, 0.4) is 0 Å². The summed E-state index contributed by atoms with van der Waals surface area (Å²) in [5.41, 5.74) is 4.08. The summed E-state index contributed by atoms with van der Waals surface area (Å²) in [5, 5.41) is 7.76. The SMILES string of the molecule is CCCn1nc(C)c(-n2ccnc2-c2cnc(NCC)nc2)c1C. The van der Waals surface area contributed by atoms with E-state index in [2.05, 4.69) is 48.5 Å². The molecule has 24 heavy (non-hydrogen) atoms. The Morgan fingerprint density at radius 2 is 1.83 bits per heavy atom. The minimum absolute atomic E-state index is 0.627. The smallest absolute Gasteiger partial charge is 0.222 e. The summed E-state index contributed by atoms with van der Waals surface area (Å²) in [7, 11) is 0. The molecule has 7 nitrogen and oxygen atoms in total. The Labute approximate surface area is 141 Å². The molecular formula is C17H23N7. The average Bonchev–Trinajstić information content (AvgIpc) is 3.14. The zero-order chi connectivity index (χ0) is 17.1. The van der Waals surface area contributed by atoms with Gasteiger partial charge >= 0.3 is 0 Å². The van der Waals surface area contributed by atoms with Crippen LogP contribution in [0.4, 0.5) is 5.95 Å². The maximum absolute atomic E-state index is 4.66. The second-order valence-electron chi connectivity index (χ2n) is 5.69. The van der Waals surface area contributed by atoms with Crippen LogP contribution in [0.25, 0.3) is 17.1 Å². The lowest BCUT2D eigenvalue weighted by atomic mass is 10.2. The molecule has 0 aliphatic rings. The van der Waals surface area contributed by atoms with E-state index >= 15 is 0 Å². The van der Waals surface area contributed by atoms with Crippen molar-refractivity contribution in [3.8, 4) is 17.1 Å². The van der Waals surface area contributed by atoms with Crippen molar-refractivity contribution in [2.24, 2.45) is 0 Å². The van der Waals surface area contributed by atoms with E-state index in [1.54, 1.807) is 18.6 Å². The fourth-order valence-electron chi connectivity index (χ4n) is 2.86. The van der Waals surface area contributed by atoms with Gasteiger partial charge in [-0.2, -0.15) is 5.10 Å². The molecule has 0 atom stereocenters. The molecule has 0 saturated carbocycles. The Morgan fingerprint density at radius 3 is 2.50 bits per heavy atom. The highest BCUT2D eigenvalue weighted by Gasteiger charge is 2.17. The van der Waals surface area contributed by atoms with Gasteiger partial charge in [0.1, 0.15) is 5.82 Å². The topological polar surface area (TPSA) is 73.5 Å². The Kier molecular flexibility index (Phi) is 4.59. The predicted molar refractivity (Wildman–Crippen MR) is 94.3 cm³/mol. The highest BCUT2D eigenvalue weighted by molar-refractivity contribution is 5.59. The molecule has 126 valence electrons. The summed E-state index contributed by atoms with van der Waals surface area (Å²) < 4.78 is 4.12. The van der Waals surface area contributed by atoms with Crippen LogP contribution in [0.1, 0.15) is 31.7 Å². The largest absolute Gasteiger partial charge is 0.355 e. The molecule has 0 radical (unpaired) electrons. The first-order valence-electron chi connectivity index (χ1n) is 8.29. The van der Waals surface area contributed by atoms with Gasteiger partial charge in [-0.1, -0.05) is 6.92 Å². The number of hydrogen-bond donors (Lipinski definition) is 1. The number of hydrogen-bond acceptors (Lipinski definition) is 5. The molecule has 3 aromatic heterocycles. The second kappa shape index (κ2) is 6.82. The van der Waals surface area contributed by atoms with E-state index in [1.807, 2.05) is 20.0 Å². The van der Waals surface area contributed by atoms with Gasteiger partial charge in [-0.05, 0) is 27.2 Å². The zero-order valence-corrected chi connectivity index (χ0v) is 14.6. The highest BCUT2D eigenvalue weighted by Crippen LogP contribution is 2.25. The molecule has 0 fully saturated rings. The van der Waals surface area contributed by atoms with Gasteiger partial charge in [-0.15, -0.1) is 0 Å². The van der Waals surface area contributed by atoms with Crippen molar-refractivity contribution < 1.29 is 0 Å². The fraction of sp³-hybridized carbons (Fsp3) is 0.412. The first-order chi connectivity index (χ1) is 11.7. The standard InChI is InChI=1S/C17H23N7/c1-5-8-24-13(4)15(12(3)22-24)23-9-7-19-16(23)14-10-20-17(18-6-2)21-11-14/h7,9-11H,5-6,8H2,1-4H3,(H,18,20,21). The maximum Gasteiger partial charge on any atom is 0.222 e. The number of anilines is 1. The lowest BCUT2D eigenvalue weighted by molar-refractivity contribution is 0.583. The lowest BCUT2D eigenvalue weighted by Gasteiger charge is -2.09. The lowest BCUT2D eigenvalue weighted by Crippen LogP contribution is -2.04. The molecule has 0 aliphatic heterocycles. The van der Waals surface area contributed by atoms with Crippen molar-refractivity contribution in [2.45, 2.75) is 40.7 Å². The summed E-state index contributed by atoms with van der Waals surface area (Å²) in [6, 6.07) is 0. The maximum atomic E-state index is 4.66. The fourth-order valence-corrected chi connectivity index (χ4v) is 2.86. The van der Waals surface area contributed by atoms with Crippen molar-refractivity contribution in [1.29, 1.82) is 0 Å². The van der Waals surface area contributed by atoms with E-state index < -0.39 is 0 Å². The molecule has 0 amide bonds. The average molecular weight is 325 g/mol. The van der Waals surface area contributed by atoms with Gasteiger partial charge in [0.05, 0.1) is 22.6 Å². The molecule has 0 bridgehead atoms. The number of nitrogens with one attached hydrogen (secondary N) is 1. The monoisotopic (exact) mass is 325 g/mol. The van der Waals surface area contributed by atoms with Gasteiger partial charge in [0.2, 0.25) is 5.95 Å². The van der Waals surface area contributed by atoms with Gasteiger partial charge in [0, 0.05) is 37.9 Å². The van der Waals surface area contributed by atoms with E-state index in [4.69, 9.17) is 0 Å². The highest BCUT2D eigenvalue weighted by atomic mass is 15.3. The number of aryl methyl sites for hydroxylation is 2. The molecule has 3 aromatic rings. The quantitative estimate of drug-likeness (QED) is 0.754. The van der Waals surface area contributed by atoms with Crippen LogP contribution in [0, 0.1) is 13.8 Å². The Hall–Kier alpha value is -2.70. The van der Waals surface area contributed by atoms with Crippen molar-refractivity contribution in [1.82, 2.24) is 29.3 Å². The number of imidazole rings is 1. The van der Waals surface area contributed by atoms with Crippen molar-refractivity contribution in [2.75, 3.05) is 11.9 Å². The minimum Gasteiger partial charge on any atom is -0.355 e. The molecule has 3 heterocycles. The van der Waals surface area contributed by atoms with Gasteiger partial charge in [-0.3, -0.25) is 9.25 Å². The molecule has 7 heteroatoms. The zero-order valence-electron chi connectivity index (χ0n) is 14.6. The van der Waals surface area contributed by atoms with Gasteiger partial charge in [0.15, 0.2) is 0 Å². The van der Waals surface area contributed by atoms with Crippen LogP contribution >= 0.6 is 0 Å². The van der Waals surface area contributed by atoms with Crippen molar-refractivity contribution >= 4 is 5.95 Å². The summed E-state index contributed by atoms with van der Waals surface area (Å²) in [6.45, 7) is 10.0. The predicted octanol–water partition coefficient (Wildman–Crippen LogP) is 2.98. The summed E-state index contributed by atoms with van der Waals surface area (Å²) in [4.78, 5) is 13.2. The molecule has 0 aromatic carbocycles. The number of rotatable bonds is 6. The minimum atomic E-state index is 0.627. The molecule has 1 N–H and O–H groups in total. The molecule has 0 spiro atoms. The van der Waals surface area contributed by atoms with Crippen LogP contribution in [-0.4, -0.2) is 35.8 Å². The van der Waals surface area contributed by atoms with E-state index in [9.17, 15) is 0 Å². The summed E-state index contributed by atoms with van der Waals surface area (Å²) in [6.07, 6.45) is 8.40. The molecule has 0 unspecified atom stereocenters. The third-order valence-corrected chi connectivity index (χ3v) is 3.91. The first kappa shape index (κ1) is 16.2. The van der Waals surface area contributed by atoms with Crippen LogP contribution in [-0.2, 0) is 6.54 Å². The van der Waals surface area contributed by atoms with E-state index in [0.717, 1.165) is 48.0 Å². The summed E-state index contributed by atoms with van der Waals surface area (Å²) in [5.74, 6) is 1.45. The third-order valence-electron chi connectivity index (χ3n) is 3.91. The number of aromatic nitrogens is 6. The van der Waals surface area contributed by atoms with Crippen LogP contribution < -0.4 is 5.32 Å². The Bertz CT molecular complexity index is 814. The van der Waals surface area contributed by atoms with Crippen LogP contribution in [0.15, 0.2) is 24.8 Å². The number of nitrogens with zero attached hydrogens (tertiary/aromatic N) is 6. The molecular weight excluding hydrogens is 302 g/mol. The second-order valence-corrected chi connectivity index (χ2v) is 5.69. The summed E-state index contributed by atoms with van der Waals surface area (Å²) >= 11 is 0. The molecule has 0 saturated heterocycles. The van der Waals surface area contributed by atoms with Gasteiger partial charge in [-0.25, -0.2) is 15.0 Å². The third kappa shape index (κ3) is 2.89. The van der Waals surface area contributed by atoms with E-state index in [0.29, 0.717) is 5.95 Å². The van der Waals surface area contributed by atoms with E-state index in [-0.39, 0.29) is 0 Å².